The SMILES string of the molecule is O=c1c(Cl)c[nH]cc1-c1cccc(F)c1. The van der Waals surface area contributed by atoms with Crippen molar-refractivity contribution in [1.82, 2.24) is 4.98 Å². The van der Waals surface area contributed by atoms with E-state index in [-0.39, 0.29) is 16.3 Å². The topological polar surface area (TPSA) is 32.9 Å². The van der Waals surface area contributed by atoms with Crippen molar-refractivity contribution in [1.29, 1.82) is 0 Å². The van der Waals surface area contributed by atoms with Gasteiger partial charge in [0, 0.05) is 18.0 Å². The lowest BCUT2D eigenvalue weighted by Crippen LogP contribution is -2.05. The highest BCUT2D eigenvalue weighted by molar-refractivity contribution is 6.30. The summed E-state index contributed by atoms with van der Waals surface area (Å²) in [6.45, 7) is 0. The monoisotopic (exact) mass is 223 g/mol. The predicted molar refractivity (Wildman–Crippen MR) is 57.5 cm³/mol. The van der Waals surface area contributed by atoms with Crippen LogP contribution in [-0.4, -0.2) is 4.98 Å². The van der Waals surface area contributed by atoms with E-state index in [0.717, 1.165) is 0 Å². The number of pyridine rings is 1. The Balaban J connectivity index is 2.65. The first-order valence-corrected chi connectivity index (χ1v) is 4.69. The van der Waals surface area contributed by atoms with Crippen molar-refractivity contribution in [2.45, 2.75) is 0 Å². The summed E-state index contributed by atoms with van der Waals surface area (Å²) in [4.78, 5) is 14.3. The molecule has 2 nitrogen and oxygen atoms in total. The Morgan fingerprint density at radius 3 is 2.80 bits per heavy atom. The molecule has 0 aliphatic heterocycles. The molecule has 2 aromatic rings. The smallest absolute Gasteiger partial charge is 0.207 e. The Kier molecular flexibility index (Phi) is 2.56. The first-order valence-electron chi connectivity index (χ1n) is 4.31. The summed E-state index contributed by atoms with van der Waals surface area (Å²) in [5.74, 6) is -0.383. The lowest BCUT2D eigenvalue weighted by molar-refractivity contribution is 0.628. The lowest BCUT2D eigenvalue weighted by Gasteiger charge is -2.00. The van der Waals surface area contributed by atoms with Gasteiger partial charge in [0.2, 0.25) is 5.43 Å². The van der Waals surface area contributed by atoms with Crippen molar-refractivity contribution in [3.05, 3.63) is 57.7 Å². The number of aromatic nitrogens is 1. The fraction of sp³-hybridized carbons (Fsp3) is 0. The zero-order chi connectivity index (χ0) is 10.8. The highest BCUT2D eigenvalue weighted by Gasteiger charge is 2.06. The molecular weight excluding hydrogens is 217 g/mol. The molecule has 0 fully saturated rings. The number of halogens is 2. The fourth-order valence-electron chi connectivity index (χ4n) is 1.33. The maximum Gasteiger partial charge on any atom is 0.207 e. The summed E-state index contributed by atoms with van der Waals surface area (Å²) < 4.78 is 12.9. The van der Waals surface area contributed by atoms with Gasteiger partial charge in [0.05, 0.1) is 0 Å². The summed E-state index contributed by atoms with van der Waals surface area (Å²) in [6.07, 6.45) is 2.90. The molecule has 1 N–H and O–H groups in total. The maximum absolute atomic E-state index is 12.9. The normalized spacial score (nSPS) is 10.3. The van der Waals surface area contributed by atoms with Gasteiger partial charge in [-0.15, -0.1) is 0 Å². The minimum Gasteiger partial charge on any atom is -0.366 e. The van der Waals surface area contributed by atoms with E-state index in [2.05, 4.69) is 4.98 Å². The minimum atomic E-state index is -0.383. The number of aromatic amines is 1. The zero-order valence-corrected chi connectivity index (χ0v) is 8.38. The quantitative estimate of drug-likeness (QED) is 0.792. The largest absolute Gasteiger partial charge is 0.366 e. The van der Waals surface area contributed by atoms with E-state index in [1.165, 1.54) is 24.5 Å². The Hall–Kier alpha value is -1.61. The molecule has 0 radical (unpaired) electrons. The first kappa shape index (κ1) is 9.93. The molecule has 2 rings (SSSR count). The second-order valence-corrected chi connectivity index (χ2v) is 3.46. The molecular formula is C11H7ClFNO. The van der Waals surface area contributed by atoms with Crippen molar-refractivity contribution in [3.8, 4) is 11.1 Å². The van der Waals surface area contributed by atoms with Gasteiger partial charge in [-0.1, -0.05) is 23.7 Å². The van der Waals surface area contributed by atoms with Crippen molar-refractivity contribution < 1.29 is 4.39 Å². The molecule has 0 unspecified atom stereocenters. The van der Waals surface area contributed by atoms with E-state index in [9.17, 15) is 9.18 Å². The fourth-order valence-corrected chi connectivity index (χ4v) is 1.49. The van der Waals surface area contributed by atoms with E-state index >= 15 is 0 Å². The third-order valence-corrected chi connectivity index (χ3v) is 2.32. The molecule has 0 bridgehead atoms. The Bertz CT molecular complexity index is 550. The van der Waals surface area contributed by atoms with Gasteiger partial charge in [0.15, 0.2) is 0 Å². The molecule has 1 aromatic heterocycles. The van der Waals surface area contributed by atoms with Gasteiger partial charge in [-0.05, 0) is 17.7 Å². The number of rotatable bonds is 1. The molecule has 0 saturated heterocycles. The first-order chi connectivity index (χ1) is 7.18. The van der Waals surface area contributed by atoms with Crippen LogP contribution in [0.5, 0.6) is 0 Å². The second-order valence-electron chi connectivity index (χ2n) is 3.06. The van der Waals surface area contributed by atoms with Crippen molar-refractivity contribution in [2.75, 3.05) is 0 Å². The van der Waals surface area contributed by atoms with Gasteiger partial charge in [-0.3, -0.25) is 4.79 Å². The second kappa shape index (κ2) is 3.87. The van der Waals surface area contributed by atoms with Crippen LogP contribution in [0.2, 0.25) is 5.02 Å². The summed E-state index contributed by atoms with van der Waals surface area (Å²) >= 11 is 5.67. The molecule has 1 heterocycles. The van der Waals surface area contributed by atoms with Gasteiger partial charge in [-0.25, -0.2) is 4.39 Å². The van der Waals surface area contributed by atoms with Gasteiger partial charge in [0.25, 0.3) is 0 Å². The van der Waals surface area contributed by atoms with Crippen LogP contribution in [0, 0.1) is 5.82 Å². The minimum absolute atomic E-state index is 0.0942. The van der Waals surface area contributed by atoms with Gasteiger partial charge < -0.3 is 4.98 Å². The van der Waals surface area contributed by atoms with Crippen molar-refractivity contribution >= 4 is 11.6 Å². The van der Waals surface area contributed by atoms with E-state index in [4.69, 9.17) is 11.6 Å². The molecule has 0 saturated carbocycles. The highest BCUT2D eigenvalue weighted by atomic mass is 35.5. The maximum atomic E-state index is 12.9. The third kappa shape index (κ3) is 1.92. The van der Waals surface area contributed by atoms with Gasteiger partial charge in [0.1, 0.15) is 10.8 Å². The molecule has 1 aromatic carbocycles. The van der Waals surface area contributed by atoms with Gasteiger partial charge >= 0.3 is 0 Å². The van der Waals surface area contributed by atoms with Crippen LogP contribution in [0.15, 0.2) is 41.5 Å². The van der Waals surface area contributed by atoms with E-state index in [1.54, 1.807) is 12.1 Å². The van der Waals surface area contributed by atoms with Gasteiger partial charge in [-0.2, -0.15) is 0 Å². The lowest BCUT2D eigenvalue weighted by atomic mass is 10.1. The Morgan fingerprint density at radius 1 is 1.27 bits per heavy atom. The van der Waals surface area contributed by atoms with Crippen molar-refractivity contribution in [2.24, 2.45) is 0 Å². The number of H-pyrrole nitrogens is 1. The van der Waals surface area contributed by atoms with Crippen LogP contribution in [0.3, 0.4) is 0 Å². The summed E-state index contributed by atoms with van der Waals surface area (Å²) in [5, 5.41) is 0.0942. The number of nitrogens with one attached hydrogen (secondary N) is 1. The van der Waals surface area contributed by atoms with Crippen LogP contribution in [0.25, 0.3) is 11.1 Å². The average Bonchev–Trinajstić information content (AvgIpc) is 2.22. The van der Waals surface area contributed by atoms with E-state index < -0.39 is 0 Å². The molecule has 4 heteroatoms. The number of benzene rings is 1. The van der Waals surface area contributed by atoms with Crippen LogP contribution in [0.4, 0.5) is 4.39 Å². The van der Waals surface area contributed by atoms with Crippen LogP contribution >= 0.6 is 11.6 Å². The zero-order valence-electron chi connectivity index (χ0n) is 7.63. The molecule has 15 heavy (non-hydrogen) atoms. The molecule has 0 aliphatic carbocycles. The summed E-state index contributed by atoms with van der Waals surface area (Å²) in [6, 6.07) is 5.82. The summed E-state index contributed by atoms with van der Waals surface area (Å²) in [7, 11) is 0. The Labute approximate surface area is 90.3 Å². The van der Waals surface area contributed by atoms with Crippen LogP contribution in [0.1, 0.15) is 0 Å². The molecule has 0 aliphatic rings. The third-order valence-electron chi connectivity index (χ3n) is 2.03. The predicted octanol–water partition coefficient (Wildman–Crippen LogP) is 2.83. The molecule has 0 atom stereocenters. The van der Waals surface area contributed by atoms with E-state index in [1.807, 2.05) is 0 Å². The Morgan fingerprint density at radius 2 is 2.07 bits per heavy atom. The molecule has 0 spiro atoms. The summed E-state index contributed by atoms with van der Waals surface area (Å²) in [5.41, 5.74) is 0.571. The van der Waals surface area contributed by atoms with E-state index in [0.29, 0.717) is 11.1 Å². The molecule has 76 valence electrons. The number of hydrogen-bond acceptors (Lipinski definition) is 1. The standard InChI is InChI=1S/C11H7ClFNO/c12-10-6-14-5-9(11(10)15)7-2-1-3-8(13)4-7/h1-6H,(H,14,15). The average molecular weight is 224 g/mol. The molecule has 0 amide bonds. The highest BCUT2D eigenvalue weighted by Crippen LogP contribution is 2.16. The van der Waals surface area contributed by atoms with Crippen LogP contribution in [-0.2, 0) is 0 Å². The van der Waals surface area contributed by atoms with Crippen LogP contribution < -0.4 is 5.43 Å². The van der Waals surface area contributed by atoms with Crippen molar-refractivity contribution in [3.63, 3.8) is 0 Å². The number of hydrogen-bond donors (Lipinski definition) is 1.